The largest absolute Gasteiger partial charge is 0.315 e. The molecule has 0 spiro atoms. The van der Waals surface area contributed by atoms with E-state index in [4.69, 9.17) is 11.6 Å². The van der Waals surface area contributed by atoms with Crippen molar-refractivity contribution < 1.29 is 4.39 Å². The molecule has 1 aromatic heterocycles. The summed E-state index contributed by atoms with van der Waals surface area (Å²) in [5.74, 6) is -0.253. The van der Waals surface area contributed by atoms with Crippen molar-refractivity contribution >= 4 is 22.6 Å². The van der Waals surface area contributed by atoms with E-state index >= 15 is 0 Å². The molecule has 0 aliphatic carbocycles. The van der Waals surface area contributed by atoms with Crippen molar-refractivity contribution in [3.05, 3.63) is 29.3 Å². The normalized spacial score (nSPS) is 20.8. The number of hydrogen-bond acceptors (Lipinski definition) is 2. The summed E-state index contributed by atoms with van der Waals surface area (Å²) in [6.45, 7) is 1.83. The summed E-state index contributed by atoms with van der Waals surface area (Å²) in [6.07, 6.45) is 1.00. The van der Waals surface area contributed by atoms with Crippen LogP contribution >= 0.6 is 11.6 Å². The molecule has 1 saturated heterocycles. The van der Waals surface area contributed by atoms with Crippen molar-refractivity contribution in [1.82, 2.24) is 14.9 Å². The van der Waals surface area contributed by atoms with Gasteiger partial charge in [0.25, 0.3) is 0 Å². The highest BCUT2D eigenvalue weighted by Crippen LogP contribution is 2.27. The summed E-state index contributed by atoms with van der Waals surface area (Å²) < 4.78 is 15.1. The zero-order valence-corrected chi connectivity index (χ0v) is 9.34. The van der Waals surface area contributed by atoms with E-state index in [9.17, 15) is 4.39 Å². The molecule has 2 heterocycles. The molecule has 1 unspecified atom stereocenters. The van der Waals surface area contributed by atoms with Gasteiger partial charge in [0, 0.05) is 6.54 Å². The summed E-state index contributed by atoms with van der Waals surface area (Å²) in [6, 6.07) is 4.84. The highest BCUT2D eigenvalue weighted by atomic mass is 35.5. The van der Waals surface area contributed by atoms with Crippen molar-refractivity contribution in [3.63, 3.8) is 0 Å². The van der Waals surface area contributed by atoms with Gasteiger partial charge in [-0.25, -0.2) is 9.37 Å². The first-order valence-electron chi connectivity index (χ1n) is 5.29. The summed E-state index contributed by atoms with van der Waals surface area (Å²) in [5, 5.41) is 3.71. The summed E-state index contributed by atoms with van der Waals surface area (Å²) in [7, 11) is 0. The molecule has 0 bridgehead atoms. The van der Waals surface area contributed by atoms with E-state index in [1.807, 2.05) is 4.57 Å². The second kappa shape index (κ2) is 3.71. The van der Waals surface area contributed by atoms with Crippen LogP contribution in [0.1, 0.15) is 12.5 Å². The average Bonchev–Trinajstić information content (AvgIpc) is 2.83. The van der Waals surface area contributed by atoms with Gasteiger partial charge >= 0.3 is 0 Å². The SMILES string of the molecule is Fc1ccc2nc(Cl)n(C3CCNC3)c2c1. The maximum absolute atomic E-state index is 13.2. The smallest absolute Gasteiger partial charge is 0.204 e. The molecular formula is C11H11ClFN3. The van der Waals surface area contributed by atoms with Crippen LogP contribution in [-0.2, 0) is 0 Å². The van der Waals surface area contributed by atoms with Gasteiger partial charge in [0.1, 0.15) is 5.82 Å². The standard InChI is InChI=1S/C11H11ClFN3/c12-11-15-9-2-1-7(13)5-10(9)16(11)8-3-4-14-6-8/h1-2,5,8,14H,3-4,6H2. The van der Waals surface area contributed by atoms with Crippen LogP contribution in [0.3, 0.4) is 0 Å². The van der Waals surface area contributed by atoms with Crippen LogP contribution in [0.15, 0.2) is 18.2 Å². The predicted octanol–water partition coefficient (Wildman–Crippen LogP) is 2.36. The lowest BCUT2D eigenvalue weighted by molar-refractivity contribution is 0.560. The van der Waals surface area contributed by atoms with E-state index in [0.717, 1.165) is 30.5 Å². The molecule has 5 heteroatoms. The number of nitrogens with one attached hydrogen (secondary N) is 1. The quantitative estimate of drug-likeness (QED) is 0.828. The first kappa shape index (κ1) is 10.1. The van der Waals surface area contributed by atoms with E-state index in [0.29, 0.717) is 5.28 Å². The van der Waals surface area contributed by atoms with Crippen molar-refractivity contribution in [2.75, 3.05) is 13.1 Å². The molecule has 1 N–H and O–H groups in total. The maximum atomic E-state index is 13.2. The Balaban J connectivity index is 2.20. The van der Waals surface area contributed by atoms with Crippen LogP contribution in [0.2, 0.25) is 5.28 Å². The fourth-order valence-corrected chi connectivity index (χ4v) is 2.56. The minimum absolute atomic E-state index is 0.253. The van der Waals surface area contributed by atoms with Gasteiger partial charge in [-0.05, 0) is 42.8 Å². The fraction of sp³-hybridized carbons (Fsp3) is 0.364. The Hall–Kier alpha value is -1.13. The molecule has 3 nitrogen and oxygen atoms in total. The van der Waals surface area contributed by atoms with Crippen LogP contribution < -0.4 is 5.32 Å². The highest BCUT2D eigenvalue weighted by Gasteiger charge is 2.21. The Morgan fingerprint density at radius 3 is 3.12 bits per heavy atom. The van der Waals surface area contributed by atoms with Gasteiger partial charge in [0.05, 0.1) is 17.1 Å². The van der Waals surface area contributed by atoms with Crippen molar-refractivity contribution in [2.24, 2.45) is 0 Å². The Morgan fingerprint density at radius 1 is 1.50 bits per heavy atom. The molecule has 2 aromatic rings. The second-order valence-corrected chi connectivity index (χ2v) is 4.37. The third-order valence-electron chi connectivity index (χ3n) is 3.01. The maximum Gasteiger partial charge on any atom is 0.204 e. The molecule has 3 rings (SSSR count). The predicted molar refractivity (Wildman–Crippen MR) is 61.2 cm³/mol. The highest BCUT2D eigenvalue weighted by molar-refractivity contribution is 6.29. The molecule has 0 amide bonds. The van der Waals surface area contributed by atoms with Crippen LogP contribution in [0.25, 0.3) is 11.0 Å². The number of fused-ring (bicyclic) bond motifs is 1. The van der Waals surface area contributed by atoms with E-state index < -0.39 is 0 Å². The molecule has 0 saturated carbocycles. The van der Waals surface area contributed by atoms with Gasteiger partial charge in [-0.2, -0.15) is 0 Å². The van der Waals surface area contributed by atoms with Crippen molar-refractivity contribution in [2.45, 2.75) is 12.5 Å². The number of nitrogens with zero attached hydrogens (tertiary/aromatic N) is 2. The first-order chi connectivity index (χ1) is 7.75. The van der Waals surface area contributed by atoms with E-state index in [1.54, 1.807) is 6.07 Å². The lowest BCUT2D eigenvalue weighted by atomic mass is 10.2. The zero-order valence-electron chi connectivity index (χ0n) is 8.58. The minimum atomic E-state index is -0.253. The average molecular weight is 240 g/mol. The van der Waals surface area contributed by atoms with Crippen molar-refractivity contribution in [1.29, 1.82) is 0 Å². The molecular weight excluding hydrogens is 229 g/mol. The second-order valence-electron chi connectivity index (χ2n) is 4.03. The Bertz CT molecular complexity index is 531. The molecule has 1 aliphatic rings. The van der Waals surface area contributed by atoms with Gasteiger partial charge < -0.3 is 9.88 Å². The molecule has 1 fully saturated rings. The number of halogens is 2. The van der Waals surface area contributed by atoms with Crippen molar-refractivity contribution in [3.8, 4) is 0 Å². The molecule has 16 heavy (non-hydrogen) atoms. The number of benzene rings is 1. The first-order valence-corrected chi connectivity index (χ1v) is 5.67. The topological polar surface area (TPSA) is 29.9 Å². The van der Waals surface area contributed by atoms with E-state index in [1.165, 1.54) is 12.1 Å². The third-order valence-corrected chi connectivity index (χ3v) is 3.27. The van der Waals surface area contributed by atoms with E-state index in [2.05, 4.69) is 10.3 Å². The molecule has 1 aromatic carbocycles. The summed E-state index contributed by atoms with van der Waals surface area (Å²) >= 11 is 6.10. The third kappa shape index (κ3) is 1.49. The summed E-state index contributed by atoms with van der Waals surface area (Å²) in [5.41, 5.74) is 1.53. The van der Waals surface area contributed by atoms with Gasteiger partial charge in [-0.15, -0.1) is 0 Å². The lowest BCUT2D eigenvalue weighted by Gasteiger charge is -2.12. The van der Waals surface area contributed by atoms with Crippen LogP contribution in [0.4, 0.5) is 4.39 Å². The zero-order chi connectivity index (χ0) is 11.1. The van der Waals surface area contributed by atoms with E-state index in [-0.39, 0.29) is 11.9 Å². The fourth-order valence-electron chi connectivity index (χ4n) is 2.24. The molecule has 1 atom stereocenters. The number of hydrogen-bond donors (Lipinski definition) is 1. The number of imidazole rings is 1. The Labute approximate surface area is 97.2 Å². The monoisotopic (exact) mass is 239 g/mol. The number of rotatable bonds is 1. The summed E-state index contributed by atoms with van der Waals surface area (Å²) in [4.78, 5) is 4.23. The van der Waals surface area contributed by atoms with Crippen LogP contribution in [0, 0.1) is 5.82 Å². The number of aromatic nitrogens is 2. The van der Waals surface area contributed by atoms with Crippen LogP contribution in [-0.4, -0.2) is 22.6 Å². The lowest BCUT2D eigenvalue weighted by Crippen LogP contribution is -2.13. The van der Waals surface area contributed by atoms with Gasteiger partial charge in [-0.3, -0.25) is 0 Å². The Kier molecular flexibility index (Phi) is 2.33. The molecule has 0 radical (unpaired) electrons. The van der Waals surface area contributed by atoms with Gasteiger partial charge in [-0.1, -0.05) is 0 Å². The minimum Gasteiger partial charge on any atom is -0.315 e. The van der Waals surface area contributed by atoms with Gasteiger partial charge in [0.2, 0.25) is 5.28 Å². The Morgan fingerprint density at radius 2 is 2.38 bits per heavy atom. The van der Waals surface area contributed by atoms with Gasteiger partial charge in [0.15, 0.2) is 0 Å². The van der Waals surface area contributed by atoms with Crippen LogP contribution in [0.5, 0.6) is 0 Å². The molecule has 1 aliphatic heterocycles. The molecule has 84 valence electrons.